The van der Waals surface area contributed by atoms with Crippen LogP contribution in [0.5, 0.6) is 0 Å². The number of carbonyl (C=O) groups excluding carboxylic acids is 1. The van der Waals surface area contributed by atoms with Crippen LogP contribution in [-0.2, 0) is 4.79 Å². The summed E-state index contributed by atoms with van der Waals surface area (Å²) in [6, 6.07) is 5.92. The molecule has 0 aliphatic carbocycles. The van der Waals surface area contributed by atoms with Crippen LogP contribution in [0.3, 0.4) is 0 Å². The third-order valence-electron chi connectivity index (χ3n) is 3.46. The zero-order chi connectivity index (χ0) is 18.4. The Bertz CT molecular complexity index is 800. The highest BCUT2D eigenvalue weighted by Gasteiger charge is 2.18. The van der Waals surface area contributed by atoms with Gasteiger partial charge in [-0.3, -0.25) is 15.1 Å². The van der Waals surface area contributed by atoms with Crippen LogP contribution in [0.1, 0.15) is 30.7 Å². The third-order valence-corrected chi connectivity index (χ3v) is 4.54. The Morgan fingerprint density at radius 3 is 2.80 bits per heavy atom. The Kier molecular flexibility index (Phi) is 6.60. The minimum Gasteiger partial charge on any atom is -0.362 e. The number of nitrogens with one attached hydrogen (secondary N) is 2. The molecule has 0 aliphatic rings. The number of amides is 1. The van der Waals surface area contributed by atoms with Crippen molar-refractivity contribution in [2.45, 2.75) is 27.7 Å². The van der Waals surface area contributed by atoms with Crippen LogP contribution in [0.2, 0.25) is 0 Å². The zero-order valence-corrected chi connectivity index (χ0v) is 16.3. The Morgan fingerprint density at radius 2 is 2.16 bits per heavy atom. The van der Waals surface area contributed by atoms with Gasteiger partial charge in [0.05, 0.1) is 17.6 Å². The predicted octanol–water partition coefficient (Wildman–Crippen LogP) is 3.26. The van der Waals surface area contributed by atoms with Gasteiger partial charge in [0.25, 0.3) is 0 Å². The van der Waals surface area contributed by atoms with Crippen LogP contribution < -0.4 is 15.6 Å². The van der Waals surface area contributed by atoms with Gasteiger partial charge in [-0.1, -0.05) is 6.07 Å². The fourth-order valence-electron chi connectivity index (χ4n) is 2.09. The Balaban J connectivity index is 2.19. The normalized spacial score (nSPS) is 10.7. The molecule has 1 aromatic carbocycles. The maximum atomic E-state index is 12.1. The zero-order valence-electron chi connectivity index (χ0n) is 14.7. The van der Waals surface area contributed by atoms with Crippen molar-refractivity contribution in [2.24, 2.45) is 5.10 Å². The van der Waals surface area contributed by atoms with Crippen molar-refractivity contribution < 1.29 is 4.79 Å². The number of hydrogen-bond donors (Lipinski definition) is 2. The van der Waals surface area contributed by atoms with Crippen LogP contribution in [-0.4, -0.2) is 28.8 Å². The van der Waals surface area contributed by atoms with Crippen molar-refractivity contribution in [2.75, 3.05) is 11.4 Å². The van der Waals surface area contributed by atoms with Crippen molar-refractivity contribution in [3.8, 4) is 0 Å². The fraction of sp³-hybridized carbons (Fsp3) is 0.294. The number of hydrazone groups is 1. The molecule has 0 aliphatic heterocycles. The number of nitrogens with zero attached hydrogens (tertiary/aromatic N) is 3. The number of benzene rings is 1. The van der Waals surface area contributed by atoms with E-state index in [1.807, 2.05) is 44.4 Å². The largest absolute Gasteiger partial charge is 0.362 e. The van der Waals surface area contributed by atoms with Crippen LogP contribution in [0.25, 0.3) is 0 Å². The predicted molar refractivity (Wildman–Crippen MR) is 108 cm³/mol. The van der Waals surface area contributed by atoms with E-state index < -0.39 is 0 Å². The van der Waals surface area contributed by atoms with Crippen molar-refractivity contribution in [3.05, 3.63) is 40.4 Å². The molecule has 0 atom stereocenters. The van der Waals surface area contributed by atoms with E-state index >= 15 is 0 Å². The molecule has 0 bridgehead atoms. The quantitative estimate of drug-likeness (QED) is 0.477. The number of thiocarbonyl (C=S) groups is 1. The number of aryl methyl sites for hydroxylation is 2. The Hall–Kier alpha value is -2.32. The first-order chi connectivity index (χ1) is 11.9. The maximum Gasteiger partial charge on any atom is 0.230 e. The maximum absolute atomic E-state index is 12.1. The van der Waals surface area contributed by atoms with Gasteiger partial charge in [-0.15, -0.1) is 11.3 Å². The summed E-state index contributed by atoms with van der Waals surface area (Å²) < 4.78 is 0. The number of rotatable bonds is 5. The van der Waals surface area contributed by atoms with E-state index in [4.69, 9.17) is 12.2 Å². The lowest BCUT2D eigenvalue weighted by Gasteiger charge is -2.19. The molecule has 0 radical (unpaired) electrons. The van der Waals surface area contributed by atoms with E-state index in [0.717, 1.165) is 17.8 Å². The van der Waals surface area contributed by atoms with Crippen molar-refractivity contribution >= 4 is 51.6 Å². The number of anilines is 2. The number of thiazole rings is 1. The molecule has 132 valence electrons. The third kappa shape index (κ3) is 5.07. The summed E-state index contributed by atoms with van der Waals surface area (Å²) in [5, 5.41) is 9.87. The first-order valence-electron chi connectivity index (χ1n) is 7.82. The average molecular weight is 376 g/mol. The van der Waals surface area contributed by atoms with Crippen molar-refractivity contribution in [1.82, 2.24) is 15.7 Å². The first kappa shape index (κ1) is 19.0. The molecular weight excluding hydrogens is 354 g/mol. The molecule has 1 amide bonds. The second kappa shape index (κ2) is 8.68. The summed E-state index contributed by atoms with van der Waals surface area (Å²) in [6.45, 7) is 8.27. The monoisotopic (exact) mass is 375 g/mol. The number of hydrogen-bond acceptors (Lipinski definition) is 5. The summed E-state index contributed by atoms with van der Waals surface area (Å²) in [5.74, 6) is -0.0902. The highest BCUT2D eigenvalue weighted by Crippen LogP contribution is 2.29. The topological polar surface area (TPSA) is 69.6 Å². The molecule has 2 aromatic rings. The van der Waals surface area contributed by atoms with Gasteiger partial charge in [-0.25, -0.2) is 4.98 Å². The molecule has 6 nitrogen and oxygen atoms in total. The van der Waals surface area contributed by atoms with Gasteiger partial charge < -0.3 is 5.32 Å². The van der Waals surface area contributed by atoms with Crippen LogP contribution in [0.15, 0.2) is 28.7 Å². The summed E-state index contributed by atoms with van der Waals surface area (Å²) in [5.41, 5.74) is 6.48. The lowest BCUT2D eigenvalue weighted by atomic mass is 10.1. The van der Waals surface area contributed by atoms with E-state index in [9.17, 15) is 4.79 Å². The summed E-state index contributed by atoms with van der Waals surface area (Å²) >= 11 is 6.42. The van der Waals surface area contributed by atoms with Gasteiger partial charge in [-0.05, 0) is 56.2 Å². The van der Waals surface area contributed by atoms with Gasteiger partial charge in [0.1, 0.15) is 0 Å². The molecule has 2 N–H and O–H groups in total. The molecule has 0 saturated carbocycles. The highest BCUT2D eigenvalue weighted by molar-refractivity contribution is 7.80. The van der Waals surface area contributed by atoms with Gasteiger partial charge in [0.15, 0.2) is 10.2 Å². The molecule has 1 aromatic heterocycles. The van der Waals surface area contributed by atoms with E-state index in [0.29, 0.717) is 15.9 Å². The fourth-order valence-corrected chi connectivity index (χ4v) is 3.12. The average Bonchev–Trinajstić information content (AvgIpc) is 2.99. The van der Waals surface area contributed by atoms with Crippen LogP contribution in [0, 0.1) is 13.8 Å². The lowest BCUT2D eigenvalue weighted by molar-refractivity contribution is -0.115. The van der Waals surface area contributed by atoms with E-state index in [-0.39, 0.29) is 5.91 Å². The minimum atomic E-state index is -0.0902. The SMILES string of the molecule is CCNC(=S)N/N=C\c1csc(N(C(C)=O)c2ccc(C)c(C)c2)n1. The Labute approximate surface area is 157 Å². The molecule has 0 saturated heterocycles. The summed E-state index contributed by atoms with van der Waals surface area (Å²) in [4.78, 5) is 18.2. The van der Waals surface area contributed by atoms with E-state index in [1.54, 1.807) is 11.1 Å². The van der Waals surface area contributed by atoms with Gasteiger partial charge >= 0.3 is 0 Å². The standard InChI is InChI=1S/C17H21N5OS2/c1-5-18-16(24)21-19-9-14-10-25-17(20-14)22(13(4)23)15-7-6-11(2)12(3)8-15/h6-10H,5H2,1-4H3,(H2,18,21,24)/b19-9-. The van der Waals surface area contributed by atoms with Gasteiger partial charge in [0.2, 0.25) is 5.91 Å². The van der Waals surface area contributed by atoms with Crippen molar-refractivity contribution in [3.63, 3.8) is 0 Å². The van der Waals surface area contributed by atoms with E-state index in [1.165, 1.54) is 23.8 Å². The minimum absolute atomic E-state index is 0.0902. The smallest absolute Gasteiger partial charge is 0.230 e. The first-order valence-corrected chi connectivity index (χ1v) is 9.11. The Morgan fingerprint density at radius 1 is 1.40 bits per heavy atom. The molecule has 1 heterocycles. The summed E-state index contributed by atoms with van der Waals surface area (Å²) in [6.07, 6.45) is 1.57. The summed E-state index contributed by atoms with van der Waals surface area (Å²) in [7, 11) is 0. The van der Waals surface area contributed by atoms with Crippen LogP contribution >= 0.6 is 23.6 Å². The molecule has 2 rings (SSSR count). The second-order valence-electron chi connectivity index (χ2n) is 5.41. The molecule has 0 fully saturated rings. The molecule has 0 spiro atoms. The molecule has 8 heteroatoms. The van der Waals surface area contributed by atoms with Gasteiger partial charge in [0, 0.05) is 18.8 Å². The van der Waals surface area contributed by atoms with E-state index in [2.05, 4.69) is 20.8 Å². The second-order valence-corrected chi connectivity index (χ2v) is 6.65. The lowest BCUT2D eigenvalue weighted by Crippen LogP contribution is -2.31. The number of aromatic nitrogens is 1. The molecule has 0 unspecified atom stereocenters. The van der Waals surface area contributed by atoms with Crippen molar-refractivity contribution in [1.29, 1.82) is 0 Å². The van der Waals surface area contributed by atoms with Gasteiger partial charge in [-0.2, -0.15) is 5.10 Å². The number of carbonyl (C=O) groups is 1. The molecular formula is C17H21N5OS2. The molecule has 25 heavy (non-hydrogen) atoms. The highest BCUT2D eigenvalue weighted by atomic mass is 32.1. The van der Waals surface area contributed by atoms with Crippen LogP contribution in [0.4, 0.5) is 10.8 Å².